The fourth-order valence-electron chi connectivity index (χ4n) is 3.33. The molecule has 4 rings (SSSR count). The standard InChI is InChI=1S/C19H19FN6/c1-22-13-6-7-14(23-10-13)11-26-18-5-3-2-4-17(18)24-19(26)25-9-8-15(20)16(21)12-25/h2-7,10,15-16H,8-9,11-12,21H2/t15-,16-/m0/s1. The van der Waals surface area contributed by atoms with Gasteiger partial charge in [0.15, 0.2) is 0 Å². The molecular weight excluding hydrogens is 331 g/mol. The normalized spacial score (nSPS) is 20.3. The molecule has 6 nitrogen and oxygen atoms in total. The van der Waals surface area contributed by atoms with Gasteiger partial charge in [-0.05, 0) is 24.6 Å². The van der Waals surface area contributed by atoms with Gasteiger partial charge in [-0.1, -0.05) is 18.2 Å². The zero-order valence-electron chi connectivity index (χ0n) is 14.2. The van der Waals surface area contributed by atoms with E-state index < -0.39 is 12.2 Å². The fourth-order valence-corrected chi connectivity index (χ4v) is 3.33. The van der Waals surface area contributed by atoms with Gasteiger partial charge >= 0.3 is 0 Å². The van der Waals surface area contributed by atoms with Crippen molar-refractivity contribution >= 4 is 22.7 Å². The molecule has 2 aromatic heterocycles. The lowest BCUT2D eigenvalue weighted by Crippen LogP contribution is -2.50. The largest absolute Gasteiger partial charge is 0.340 e. The maximum absolute atomic E-state index is 13.8. The lowest BCUT2D eigenvalue weighted by molar-refractivity contribution is 0.243. The van der Waals surface area contributed by atoms with E-state index in [1.807, 2.05) is 35.2 Å². The average Bonchev–Trinajstić information content (AvgIpc) is 3.03. The molecule has 0 spiro atoms. The molecule has 0 unspecified atom stereocenters. The second-order valence-corrected chi connectivity index (χ2v) is 6.52. The number of halogens is 1. The zero-order valence-corrected chi connectivity index (χ0v) is 14.2. The summed E-state index contributed by atoms with van der Waals surface area (Å²) >= 11 is 0. The van der Waals surface area contributed by atoms with Crippen LogP contribution in [-0.2, 0) is 6.54 Å². The van der Waals surface area contributed by atoms with E-state index in [9.17, 15) is 4.39 Å². The maximum Gasteiger partial charge on any atom is 0.206 e. The van der Waals surface area contributed by atoms with Gasteiger partial charge in [0.2, 0.25) is 11.6 Å². The first kappa shape index (κ1) is 16.5. The Bertz CT molecular complexity index is 958. The van der Waals surface area contributed by atoms with E-state index in [-0.39, 0.29) is 0 Å². The van der Waals surface area contributed by atoms with Crippen molar-refractivity contribution < 1.29 is 4.39 Å². The lowest BCUT2D eigenvalue weighted by atomic mass is 10.1. The Morgan fingerprint density at radius 3 is 2.85 bits per heavy atom. The number of benzene rings is 1. The van der Waals surface area contributed by atoms with Crippen molar-refractivity contribution in [1.29, 1.82) is 0 Å². The summed E-state index contributed by atoms with van der Waals surface area (Å²) < 4.78 is 15.9. The summed E-state index contributed by atoms with van der Waals surface area (Å²) in [4.78, 5) is 14.6. The molecule has 0 bridgehead atoms. The van der Waals surface area contributed by atoms with E-state index >= 15 is 0 Å². The van der Waals surface area contributed by atoms with Crippen molar-refractivity contribution in [3.63, 3.8) is 0 Å². The third-order valence-corrected chi connectivity index (χ3v) is 4.75. The van der Waals surface area contributed by atoms with Gasteiger partial charge in [-0.2, -0.15) is 0 Å². The minimum absolute atomic E-state index is 0.405. The summed E-state index contributed by atoms with van der Waals surface area (Å²) in [5, 5.41) is 0. The predicted octanol–water partition coefficient (Wildman–Crippen LogP) is 2.91. The summed E-state index contributed by atoms with van der Waals surface area (Å²) in [6.45, 7) is 8.59. The Hall–Kier alpha value is -2.98. The molecule has 0 amide bonds. The Kier molecular flexibility index (Phi) is 4.27. The first-order valence-corrected chi connectivity index (χ1v) is 8.58. The van der Waals surface area contributed by atoms with Crippen LogP contribution in [0.1, 0.15) is 12.1 Å². The predicted molar refractivity (Wildman–Crippen MR) is 99.0 cm³/mol. The molecular formula is C19H19FN6. The molecule has 0 saturated carbocycles. The number of piperidine rings is 1. The second kappa shape index (κ2) is 6.73. The van der Waals surface area contributed by atoms with Crippen LogP contribution in [0.5, 0.6) is 0 Å². The summed E-state index contributed by atoms with van der Waals surface area (Å²) in [6.07, 6.45) is 1.01. The van der Waals surface area contributed by atoms with E-state index in [4.69, 9.17) is 17.3 Å². The number of rotatable bonds is 3. The van der Waals surface area contributed by atoms with Crippen LogP contribution < -0.4 is 10.6 Å². The topological polar surface area (TPSA) is 64.3 Å². The third-order valence-electron chi connectivity index (χ3n) is 4.75. The second-order valence-electron chi connectivity index (χ2n) is 6.52. The number of pyridine rings is 1. The van der Waals surface area contributed by atoms with Crippen molar-refractivity contribution in [1.82, 2.24) is 14.5 Å². The smallest absolute Gasteiger partial charge is 0.206 e. The van der Waals surface area contributed by atoms with E-state index in [1.54, 1.807) is 12.3 Å². The van der Waals surface area contributed by atoms with Gasteiger partial charge in [0.25, 0.3) is 0 Å². The van der Waals surface area contributed by atoms with Crippen molar-refractivity contribution in [3.8, 4) is 0 Å². The zero-order chi connectivity index (χ0) is 18.1. The van der Waals surface area contributed by atoms with E-state index in [2.05, 4.69) is 14.4 Å². The quantitative estimate of drug-likeness (QED) is 0.738. The van der Waals surface area contributed by atoms with E-state index in [1.165, 1.54) is 0 Å². The minimum atomic E-state index is -0.966. The molecule has 2 N–H and O–H groups in total. The molecule has 26 heavy (non-hydrogen) atoms. The molecule has 1 aliphatic rings. The van der Waals surface area contributed by atoms with Crippen LogP contribution >= 0.6 is 0 Å². The molecule has 3 heterocycles. The molecule has 1 aliphatic heterocycles. The van der Waals surface area contributed by atoms with Gasteiger partial charge in [0.05, 0.1) is 35.9 Å². The van der Waals surface area contributed by atoms with Gasteiger partial charge in [-0.25, -0.2) is 14.2 Å². The number of hydrogen-bond donors (Lipinski definition) is 1. The molecule has 7 heteroatoms. The van der Waals surface area contributed by atoms with E-state index in [0.717, 1.165) is 22.7 Å². The summed E-state index contributed by atoms with van der Waals surface area (Å²) in [7, 11) is 0. The first-order chi connectivity index (χ1) is 12.7. The number of nitrogens with zero attached hydrogens (tertiary/aromatic N) is 5. The van der Waals surface area contributed by atoms with Crippen LogP contribution in [0.3, 0.4) is 0 Å². The number of nitrogens with two attached hydrogens (primary N) is 1. The first-order valence-electron chi connectivity index (χ1n) is 8.58. The third kappa shape index (κ3) is 3.00. The van der Waals surface area contributed by atoms with Crippen molar-refractivity contribution in [3.05, 3.63) is 59.7 Å². The van der Waals surface area contributed by atoms with Crippen LogP contribution in [-0.4, -0.2) is 39.8 Å². The monoisotopic (exact) mass is 350 g/mol. The summed E-state index contributed by atoms with van der Waals surface area (Å²) in [6, 6.07) is 11.0. The van der Waals surface area contributed by atoms with Crippen molar-refractivity contribution in [2.45, 2.75) is 25.2 Å². The Morgan fingerprint density at radius 2 is 2.12 bits per heavy atom. The average molecular weight is 350 g/mol. The highest BCUT2D eigenvalue weighted by atomic mass is 19.1. The number of aromatic nitrogens is 3. The highest BCUT2D eigenvalue weighted by Crippen LogP contribution is 2.26. The number of para-hydroxylation sites is 2. The number of hydrogen-bond acceptors (Lipinski definition) is 4. The molecule has 132 valence electrons. The number of fused-ring (bicyclic) bond motifs is 1. The van der Waals surface area contributed by atoms with Crippen LogP contribution in [0.15, 0.2) is 42.6 Å². The molecule has 1 fully saturated rings. The van der Waals surface area contributed by atoms with Gasteiger partial charge in [-0.15, -0.1) is 0 Å². The van der Waals surface area contributed by atoms with Crippen LogP contribution in [0.4, 0.5) is 16.0 Å². The Labute approximate surface area is 150 Å². The van der Waals surface area contributed by atoms with Gasteiger partial charge < -0.3 is 15.2 Å². The molecule has 0 radical (unpaired) electrons. The van der Waals surface area contributed by atoms with Crippen molar-refractivity contribution in [2.24, 2.45) is 5.73 Å². The van der Waals surface area contributed by atoms with Crippen LogP contribution in [0, 0.1) is 6.57 Å². The van der Waals surface area contributed by atoms with Gasteiger partial charge in [0, 0.05) is 19.3 Å². The summed E-state index contributed by atoms with van der Waals surface area (Å²) in [5.74, 6) is 0.782. The molecule has 0 aliphatic carbocycles. The van der Waals surface area contributed by atoms with E-state index in [0.29, 0.717) is 31.7 Å². The van der Waals surface area contributed by atoms with Crippen LogP contribution in [0.25, 0.3) is 15.9 Å². The lowest BCUT2D eigenvalue weighted by Gasteiger charge is -2.34. The summed E-state index contributed by atoms with van der Waals surface area (Å²) in [5.41, 5.74) is 9.17. The number of imidazole rings is 1. The molecule has 2 atom stereocenters. The SMILES string of the molecule is [C-]#[N+]c1ccc(Cn2c(N3CC[C@H](F)[C@@H](N)C3)nc3ccccc32)nc1. The maximum atomic E-state index is 13.8. The molecule has 3 aromatic rings. The van der Waals surface area contributed by atoms with Crippen LogP contribution in [0.2, 0.25) is 0 Å². The highest BCUT2D eigenvalue weighted by molar-refractivity contribution is 5.79. The Morgan fingerprint density at radius 1 is 1.27 bits per heavy atom. The highest BCUT2D eigenvalue weighted by Gasteiger charge is 2.29. The molecule has 1 saturated heterocycles. The number of anilines is 1. The molecule has 1 aromatic carbocycles. The van der Waals surface area contributed by atoms with Crippen molar-refractivity contribution in [2.75, 3.05) is 18.0 Å². The van der Waals surface area contributed by atoms with Gasteiger partial charge in [0.1, 0.15) is 6.17 Å². The minimum Gasteiger partial charge on any atom is -0.340 e. The Balaban J connectivity index is 1.73. The fraction of sp³-hybridized carbons (Fsp3) is 0.316. The number of alkyl halides is 1. The van der Waals surface area contributed by atoms with Gasteiger partial charge in [-0.3, -0.25) is 4.98 Å².